The Labute approximate surface area is 115 Å². The van der Waals surface area contributed by atoms with Gasteiger partial charge >= 0.3 is 0 Å². The molecule has 2 heterocycles. The molecule has 0 amide bonds. The fourth-order valence-corrected chi connectivity index (χ4v) is 1.88. The third kappa shape index (κ3) is 2.16. The normalized spacial score (nSPS) is 10.8. The van der Waals surface area contributed by atoms with Gasteiger partial charge in [-0.1, -0.05) is 0 Å². The lowest BCUT2D eigenvalue weighted by molar-refractivity contribution is 0.463. The molecule has 102 valence electrons. The molecule has 3 rings (SSSR count). The lowest BCUT2D eigenvalue weighted by atomic mass is 10.2. The topological polar surface area (TPSA) is 51.5 Å². The van der Waals surface area contributed by atoms with Gasteiger partial charge in [0.25, 0.3) is 5.88 Å². The van der Waals surface area contributed by atoms with Crippen LogP contribution in [-0.4, -0.2) is 21.4 Å². The van der Waals surface area contributed by atoms with Crippen molar-refractivity contribution < 1.29 is 9.13 Å². The van der Waals surface area contributed by atoms with Gasteiger partial charge in [0.15, 0.2) is 0 Å². The summed E-state index contributed by atoms with van der Waals surface area (Å²) in [5.41, 5.74) is 1.12. The summed E-state index contributed by atoms with van der Waals surface area (Å²) in [5.74, 6) is 1.28. The molecule has 20 heavy (non-hydrogen) atoms. The number of benzene rings is 1. The summed E-state index contributed by atoms with van der Waals surface area (Å²) in [4.78, 5) is 8.53. The molecule has 5 nitrogen and oxygen atoms in total. The molecule has 0 aliphatic heterocycles. The lowest BCUT2D eigenvalue weighted by Crippen LogP contribution is -2.00. The molecule has 1 N–H and O–H groups in total. The third-order valence-corrected chi connectivity index (χ3v) is 2.94. The Hall–Kier alpha value is -2.63. The number of fused-ring (bicyclic) bond motifs is 1. The Morgan fingerprint density at radius 1 is 1.35 bits per heavy atom. The highest BCUT2D eigenvalue weighted by Crippen LogP contribution is 2.26. The van der Waals surface area contributed by atoms with Crippen molar-refractivity contribution in [2.45, 2.75) is 6.92 Å². The Bertz CT molecular complexity index is 769. The number of aromatic nitrogens is 3. The Balaban J connectivity index is 2.04. The highest BCUT2D eigenvalue weighted by molar-refractivity contribution is 5.55. The van der Waals surface area contributed by atoms with Gasteiger partial charge in [-0.2, -0.15) is 4.98 Å². The van der Waals surface area contributed by atoms with Crippen molar-refractivity contribution in [3.63, 3.8) is 0 Å². The highest BCUT2D eigenvalue weighted by atomic mass is 19.1. The predicted octanol–water partition coefficient (Wildman–Crippen LogP) is 3.01. The SMILES string of the molecule is CNc1cn2ccnc2c(Oc2ccc(F)c(C)c2)n1. The van der Waals surface area contributed by atoms with Crippen LogP contribution in [0.15, 0.2) is 36.8 Å². The maximum absolute atomic E-state index is 13.3. The van der Waals surface area contributed by atoms with Crippen LogP contribution in [0.1, 0.15) is 5.56 Å². The van der Waals surface area contributed by atoms with E-state index in [1.165, 1.54) is 6.07 Å². The molecule has 0 aliphatic carbocycles. The molecule has 3 aromatic rings. The van der Waals surface area contributed by atoms with E-state index in [1.54, 1.807) is 38.5 Å². The first-order valence-corrected chi connectivity index (χ1v) is 6.13. The van der Waals surface area contributed by atoms with Crippen LogP contribution in [0.4, 0.5) is 10.2 Å². The maximum Gasteiger partial charge on any atom is 0.265 e. The van der Waals surface area contributed by atoms with Crippen molar-refractivity contribution in [2.24, 2.45) is 0 Å². The largest absolute Gasteiger partial charge is 0.436 e. The standard InChI is InChI=1S/C14H13FN4O/c1-9-7-10(3-4-11(9)15)20-14-13-17-5-6-19(13)8-12(16-2)18-14/h3-8,16H,1-2H3. The van der Waals surface area contributed by atoms with Crippen LogP contribution in [0.25, 0.3) is 5.65 Å². The van der Waals surface area contributed by atoms with E-state index >= 15 is 0 Å². The van der Waals surface area contributed by atoms with Gasteiger partial charge in [-0.3, -0.25) is 4.40 Å². The van der Waals surface area contributed by atoms with Crippen LogP contribution in [0, 0.1) is 12.7 Å². The quantitative estimate of drug-likeness (QED) is 0.796. The second kappa shape index (κ2) is 4.80. The summed E-state index contributed by atoms with van der Waals surface area (Å²) in [7, 11) is 1.77. The van der Waals surface area contributed by atoms with E-state index in [4.69, 9.17) is 4.74 Å². The number of anilines is 1. The Kier molecular flexibility index (Phi) is 2.98. The molecule has 0 aliphatic rings. The molecule has 0 spiro atoms. The molecule has 0 atom stereocenters. The van der Waals surface area contributed by atoms with Gasteiger partial charge in [-0.25, -0.2) is 9.37 Å². The molecule has 6 heteroatoms. The van der Waals surface area contributed by atoms with E-state index in [-0.39, 0.29) is 5.82 Å². The molecule has 0 bridgehead atoms. The zero-order valence-electron chi connectivity index (χ0n) is 11.1. The van der Waals surface area contributed by atoms with E-state index < -0.39 is 0 Å². The minimum absolute atomic E-state index is 0.264. The smallest absolute Gasteiger partial charge is 0.265 e. The Morgan fingerprint density at radius 2 is 2.20 bits per heavy atom. The maximum atomic E-state index is 13.3. The first-order valence-electron chi connectivity index (χ1n) is 6.13. The molecule has 0 radical (unpaired) electrons. The average molecular weight is 272 g/mol. The summed E-state index contributed by atoms with van der Waals surface area (Å²) in [6.07, 6.45) is 5.28. The van der Waals surface area contributed by atoms with E-state index in [9.17, 15) is 4.39 Å². The number of imidazole rings is 1. The molecule has 1 aromatic carbocycles. The molecule has 0 saturated heterocycles. The Morgan fingerprint density at radius 3 is 2.95 bits per heavy atom. The molecule has 0 fully saturated rings. The number of rotatable bonds is 3. The van der Waals surface area contributed by atoms with Gasteiger partial charge in [-0.05, 0) is 30.7 Å². The van der Waals surface area contributed by atoms with Gasteiger partial charge in [0.1, 0.15) is 17.4 Å². The number of nitrogens with zero attached hydrogens (tertiary/aromatic N) is 3. The molecular formula is C14H13FN4O. The minimum atomic E-state index is -0.264. The van der Waals surface area contributed by atoms with Crippen molar-refractivity contribution >= 4 is 11.5 Å². The zero-order chi connectivity index (χ0) is 14.1. The van der Waals surface area contributed by atoms with Gasteiger partial charge in [0, 0.05) is 19.4 Å². The number of hydrogen-bond acceptors (Lipinski definition) is 4. The van der Waals surface area contributed by atoms with Crippen LogP contribution in [0.2, 0.25) is 0 Å². The van der Waals surface area contributed by atoms with Crippen molar-refractivity contribution in [1.82, 2.24) is 14.4 Å². The van der Waals surface area contributed by atoms with E-state index in [0.717, 1.165) is 0 Å². The second-order valence-electron chi connectivity index (χ2n) is 4.35. The third-order valence-electron chi connectivity index (χ3n) is 2.94. The van der Waals surface area contributed by atoms with Crippen molar-refractivity contribution in [1.29, 1.82) is 0 Å². The van der Waals surface area contributed by atoms with Crippen LogP contribution in [-0.2, 0) is 0 Å². The molecule has 0 saturated carbocycles. The first-order chi connectivity index (χ1) is 9.67. The second-order valence-corrected chi connectivity index (χ2v) is 4.35. The fourth-order valence-electron chi connectivity index (χ4n) is 1.88. The van der Waals surface area contributed by atoms with E-state index in [1.807, 2.05) is 10.6 Å². The minimum Gasteiger partial charge on any atom is -0.436 e. The van der Waals surface area contributed by atoms with Crippen LogP contribution in [0.5, 0.6) is 11.6 Å². The molecular weight excluding hydrogens is 259 g/mol. The summed E-state index contributed by atoms with van der Waals surface area (Å²) >= 11 is 0. The average Bonchev–Trinajstić information content (AvgIpc) is 2.91. The zero-order valence-corrected chi connectivity index (χ0v) is 11.1. The highest BCUT2D eigenvalue weighted by Gasteiger charge is 2.10. The van der Waals surface area contributed by atoms with Crippen molar-refractivity contribution in [2.75, 3.05) is 12.4 Å². The van der Waals surface area contributed by atoms with Crippen LogP contribution in [0.3, 0.4) is 0 Å². The summed E-state index contributed by atoms with van der Waals surface area (Å²) in [6, 6.07) is 4.56. The lowest BCUT2D eigenvalue weighted by Gasteiger charge is -2.09. The van der Waals surface area contributed by atoms with Crippen molar-refractivity contribution in [3.8, 4) is 11.6 Å². The number of hydrogen-bond donors (Lipinski definition) is 1. The number of ether oxygens (including phenoxy) is 1. The van der Waals surface area contributed by atoms with Crippen LogP contribution < -0.4 is 10.1 Å². The van der Waals surface area contributed by atoms with Gasteiger partial charge in [0.05, 0.1) is 6.20 Å². The van der Waals surface area contributed by atoms with E-state index in [0.29, 0.717) is 28.7 Å². The number of nitrogens with one attached hydrogen (secondary N) is 1. The van der Waals surface area contributed by atoms with Gasteiger partial charge in [0.2, 0.25) is 5.65 Å². The number of aryl methyl sites for hydroxylation is 1. The first kappa shape index (κ1) is 12.4. The monoisotopic (exact) mass is 272 g/mol. The van der Waals surface area contributed by atoms with Gasteiger partial charge < -0.3 is 10.1 Å². The summed E-state index contributed by atoms with van der Waals surface area (Å²) < 4.78 is 20.8. The van der Waals surface area contributed by atoms with Crippen LogP contribution >= 0.6 is 0 Å². The van der Waals surface area contributed by atoms with Gasteiger partial charge in [-0.15, -0.1) is 0 Å². The summed E-state index contributed by atoms with van der Waals surface area (Å²) in [5, 5.41) is 2.96. The predicted molar refractivity (Wildman–Crippen MR) is 73.7 cm³/mol. The van der Waals surface area contributed by atoms with Crippen molar-refractivity contribution in [3.05, 3.63) is 48.2 Å². The molecule has 0 unspecified atom stereocenters. The summed E-state index contributed by atoms with van der Waals surface area (Å²) in [6.45, 7) is 1.69. The molecule has 2 aromatic heterocycles. The number of halogens is 1. The van der Waals surface area contributed by atoms with E-state index in [2.05, 4.69) is 15.3 Å². The fraction of sp³-hybridized carbons (Fsp3) is 0.143.